The Morgan fingerprint density at radius 3 is 2.04 bits per heavy atom. The number of hydrogen-bond donors (Lipinski definition) is 1. The van der Waals surface area contributed by atoms with Crippen molar-refractivity contribution in [2.24, 2.45) is 4.99 Å². The number of ether oxygens (including phenoxy) is 1. The number of methoxy groups -OCH3 is 1. The summed E-state index contributed by atoms with van der Waals surface area (Å²) in [6.07, 6.45) is 1.86. The first-order valence-corrected chi connectivity index (χ1v) is 9.39. The summed E-state index contributed by atoms with van der Waals surface area (Å²) in [6, 6.07) is 29.7. The first-order valence-electron chi connectivity index (χ1n) is 9.39. The molecule has 27 heavy (non-hydrogen) atoms. The lowest BCUT2D eigenvalue weighted by molar-refractivity contribution is 0.414. The van der Waals surface area contributed by atoms with Crippen molar-refractivity contribution in [3.63, 3.8) is 0 Å². The molecule has 1 aliphatic heterocycles. The van der Waals surface area contributed by atoms with Crippen LogP contribution in [0.3, 0.4) is 0 Å². The van der Waals surface area contributed by atoms with E-state index in [-0.39, 0.29) is 12.1 Å². The van der Waals surface area contributed by atoms with E-state index in [1.54, 1.807) is 7.11 Å². The van der Waals surface area contributed by atoms with Crippen molar-refractivity contribution >= 4 is 5.84 Å². The van der Waals surface area contributed by atoms with Gasteiger partial charge in [0.25, 0.3) is 0 Å². The second-order valence-electron chi connectivity index (χ2n) is 6.81. The molecule has 1 N–H and O–H groups in total. The fraction of sp³-hybridized carbons (Fsp3) is 0.208. The molecule has 1 heterocycles. The van der Waals surface area contributed by atoms with Crippen LogP contribution in [0.15, 0.2) is 89.9 Å². The molecule has 0 radical (unpaired) electrons. The summed E-state index contributed by atoms with van der Waals surface area (Å²) < 4.78 is 5.24. The molecule has 3 nitrogen and oxygen atoms in total. The molecule has 1 aliphatic rings. The van der Waals surface area contributed by atoms with E-state index in [2.05, 4.69) is 78.1 Å². The van der Waals surface area contributed by atoms with E-state index in [1.165, 1.54) is 16.7 Å². The highest BCUT2D eigenvalue weighted by atomic mass is 16.5. The number of amidine groups is 1. The summed E-state index contributed by atoms with van der Waals surface area (Å²) in [5.74, 6) is 1.97. The third-order valence-electron chi connectivity index (χ3n) is 5.04. The Kier molecular flexibility index (Phi) is 5.20. The van der Waals surface area contributed by atoms with E-state index in [4.69, 9.17) is 9.73 Å². The lowest BCUT2D eigenvalue weighted by atomic mass is 9.95. The molecule has 4 rings (SSSR count). The standard InChI is InChI=1S/C24H24N2O/c1-27-21-15-12-18(13-16-21)14-17-22-25-23(19-8-4-2-5-9-19)24(26-22)20-10-6-3-7-11-20/h2-13,15-16,23-24H,14,17H2,1H3,(H,25,26). The Hall–Kier alpha value is -3.07. The van der Waals surface area contributed by atoms with Crippen molar-refractivity contribution in [2.45, 2.75) is 24.9 Å². The van der Waals surface area contributed by atoms with Gasteiger partial charge in [-0.25, -0.2) is 0 Å². The van der Waals surface area contributed by atoms with E-state index in [9.17, 15) is 0 Å². The van der Waals surface area contributed by atoms with Gasteiger partial charge in [0.05, 0.1) is 19.0 Å². The summed E-state index contributed by atoms with van der Waals surface area (Å²) in [4.78, 5) is 5.05. The van der Waals surface area contributed by atoms with Gasteiger partial charge in [0.1, 0.15) is 11.8 Å². The second-order valence-corrected chi connectivity index (χ2v) is 6.81. The van der Waals surface area contributed by atoms with Gasteiger partial charge in [-0.05, 0) is 35.2 Å². The lowest BCUT2D eigenvalue weighted by Crippen LogP contribution is -2.24. The number of nitrogens with one attached hydrogen (secondary N) is 1. The van der Waals surface area contributed by atoms with Crippen molar-refractivity contribution in [1.29, 1.82) is 0 Å². The highest BCUT2D eigenvalue weighted by molar-refractivity contribution is 5.85. The normalized spacial score (nSPS) is 18.6. The van der Waals surface area contributed by atoms with E-state index in [0.29, 0.717) is 0 Å². The number of nitrogens with zero attached hydrogens (tertiary/aromatic N) is 1. The van der Waals surface area contributed by atoms with Gasteiger partial charge in [-0.15, -0.1) is 0 Å². The third-order valence-corrected chi connectivity index (χ3v) is 5.04. The molecule has 2 unspecified atom stereocenters. The molecule has 3 aromatic rings. The molecule has 0 saturated heterocycles. The number of rotatable bonds is 6. The van der Waals surface area contributed by atoms with Gasteiger partial charge < -0.3 is 10.1 Å². The molecule has 0 spiro atoms. The van der Waals surface area contributed by atoms with Crippen LogP contribution in [-0.4, -0.2) is 12.9 Å². The average Bonchev–Trinajstić information content (AvgIpc) is 3.18. The molecule has 3 heteroatoms. The van der Waals surface area contributed by atoms with Crippen LogP contribution in [0.1, 0.15) is 35.2 Å². The summed E-state index contributed by atoms with van der Waals surface area (Å²) in [5, 5.41) is 3.67. The quantitative estimate of drug-likeness (QED) is 0.666. The molecule has 0 saturated carbocycles. The van der Waals surface area contributed by atoms with E-state index < -0.39 is 0 Å². The van der Waals surface area contributed by atoms with Crippen molar-refractivity contribution in [2.75, 3.05) is 7.11 Å². The van der Waals surface area contributed by atoms with E-state index >= 15 is 0 Å². The van der Waals surface area contributed by atoms with Crippen LogP contribution in [0.5, 0.6) is 5.75 Å². The second kappa shape index (κ2) is 8.09. The fourth-order valence-corrected chi connectivity index (χ4v) is 3.57. The molecule has 0 bridgehead atoms. The van der Waals surface area contributed by atoms with Crippen LogP contribution in [0.4, 0.5) is 0 Å². The molecule has 136 valence electrons. The molecule has 0 aliphatic carbocycles. The van der Waals surface area contributed by atoms with Crippen molar-refractivity contribution in [3.8, 4) is 5.75 Å². The predicted octanol–water partition coefficient (Wildman–Crippen LogP) is 5.11. The smallest absolute Gasteiger partial charge is 0.118 e. The number of benzene rings is 3. The monoisotopic (exact) mass is 356 g/mol. The molecule has 0 aromatic heterocycles. The minimum absolute atomic E-state index is 0.111. The zero-order valence-corrected chi connectivity index (χ0v) is 15.5. The fourth-order valence-electron chi connectivity index (χ4n) is 3.57. The van der Waals surface area contributed by atoms with Gasteiger partial charge in [0, 0.05) is 6.42 Å². The third kappa shape index (κ3) is 4.03. The molecule has 3 aromatic carbocycles. The van der Waals surface area contributed by atoms with Crippen LogP contribution >= 0.6 is 0 Å². The maximum Gasteiger partial charge on any atom is 0.118 e. The Morgan fingerprint density at radius 2 is 1.41 bits per heavy atom. The average molecular weight is 356 g/mol. The Morgan fingerprint density at radius 1 is 0.778 bits per heavy atom. The summed E-state index contributed by atoms with van der Waals surface area (Å²) in [5.41, 5.74) is 3.81. The lowest BCUT2D eigenvalue weighted by Gasteiger charge is -2.19. The Labute approximate surface area is 160 Å². The maximum atomic E-state index is 5.24. The molecular weight excluding hydrogens is 332 g/mol. The predicted molar refractivity (Wildman–Crippen MR) is 110 cm³/mol. The molecule has 0 amide bonds. The first kappa shape index (κ1) is 17.3. The zero-order valence-electron chi connectivity index (χ0n) is 15.5. The Bertz CT molecular complexity index is 889. The number of aryl methyl sites for hydroxylation is 1. The summed E-state index contributed by atoms with van der Waals surface area (Å²) in [7, 11) is 1.69. The highest BCUT2D eigenvalue weighted by Crippen LogP contribution is 2.36. The minimum atomic E-state index is 0.111. The van der Waals surface area contributed by atoms with Crippen LogP contribution in [-0.2, 0) is 6.42 Å². The maximum absolute atomic E-state index is 5.24. The van der Waals surface area contributed by atoms with Crippen LogP contribution in [0.2, 0.25) is 0 Å². The van der Waals surface area contributed by atoms with Crippen molar-refractivity contribution < 1.29 is 4.74 Å². The van der Waals surface area contributed by atoms with Crippen molar-refractivity contribution in [3.05, 3.63) is 102 Å². The molecular formula is C24H24N2O. The molecule has 0 fully saturated rings. The topological polar surface area (TPSA) is 33.6 Å². The zero-order chi connectivity index (χ0) is 18.5. The van der Waals surface area contributed by atoms with Crippen LogP contribution < -0.4 is 10.1 Å². The molecule has 2 atom stereocenters. The van der Waals surface area contributed by atoms with E-state index in [0.717, 1.165) is 24.4 Å². The van der Waals surface area contributed by atoms with Gasteiger partial charge >= 0.3 is 0 Å². The van der Waals surface area contributed by atoms with Crippen LogP contribution in [0, 0.1) is 0 Å². The van der Waals surface area contributed by atoms with E-state index in [1.807, 2.05) is 12.1 Å². The van der Waals surface area contributed by atoms with Gasteiger partial charge in [0.2, 0.25) is 0 Å². The minimum Gasteiger partial charge on any atom is -0.497 e. The first-order chi connectivity index (χ1) is 13.3. The van der Waals surface area contributed by atoms with Crippen LogP contribution in [0.25, 0.3) is 0 Å². The summed E-state index contributed by atoms with van der Waals surface area (Å²) >= 11 is 0. The van der Waals surface area contributed by atoms with Gasteiger partial charge in [-0.3, -0.25) is 4.99 Å². The van der Waals surface area contributed by atoms with Crippen molar-refractivity contribution in [1.82, 2.24) is 5.32 Å². The largest absolute Gasteiger partial charge is 0.497 e. The van der Waals surface area contributed by atoms with Gasteiger partial charge in [0.15, 0.2) is 0 Å². The SMILES string of the molecule is COc1ccc(CCC2=NC(c3ccccc3)C(c3ccccc3)N2)cc1. The number of hydrogen-bond acceptors (Lipinski definition) is 3. The summed E-state index contributed by atoms with van der Waals surface area (Å²) in [6.45, 7) is 0. The number of aliphatic imine (C=N–C) groups is 1. The Balaban J connectivity index is 1.52. The highest BCUT2D eigenvalue weighted by Gasteiger charge is 2.30. The van der Waals surface area contributed by atoms with Gasteiger partial charge in [-0.2, -0.15) is 0 Å². The van der Waals surface area contributed by atoms with Gasteiger partial charge in [-0.1, -0.05) is 72.8 Å².